The van der Waals surface area contributed by atoms with Crippen molar-refractivity contribution in [1.29, 1.82) is 0 Å². The Balaban J connectivity index is 1.91. The quantitative estimate of drug-likeness (QED) is 0.541. The summed E-state index contributed by atoms with van der Waals surface area (Å²) in [6.07, 6.45) is 2.82. The maximum Gasteiger partial charge on any atom is 0.191 e. The Morgan fingerprint density at radius 1 is 1.38 bits per heavy atom. The van der Waals surface area contributed by atoms with E-state index < -0.39 is 0 Å². The van der Waals surface area contributed by atoms with Crippen molar-refractivity contribution in [2.24, 2.45) is 4.99 Å². The number of methoxy groups -OCH3 is 1. The van der Waals surface area contributed by atoms with Gasteiger partial charge in [0.15, 0.2) is 5.96 Å². The smallest absolute Gasteiger partial charge is 0.191 e. The van der Waals surface area contributed by atoms with Gasteiger partial charge in [0.25, 0.3) is 0 Å². The summed E-state index contributed by atoms with van der Waals surface area (Å²) in [5.74, 6) is 1.64. The highest BCUT2D eigenvalue weighted by Crippen LogP contribution is 2.25. The molecule has 1 aromatic carbocycles. The number of nitrogens with zero attached hydrogens (tertiary/aromatic N) is 2. The van der Waals surface area contributed by atoms with Crippen LogP contribution in [0.25, 0.3) is 0 Å². The first kappa shape index (κ1) is 18.7. The monoisotopic (exact) mass is 410 g/mol. The zero-order chi connectivity index (χ0) is 17.4. The lowest BCUT2D eigenvalue weighted by Gasteiger charge is -2.11. The van der Waals surface area contributed by atoms with Gasteiger partial charge < -0.3 is 15.4 Å². The second-order valence-electron chi connectivity index (χ2n) is 5.21. The molecule has 0 saturated heterocycles. The second kappa shape index (κ2) is 9.64. The van der Waals surface area contributed by atoms with Crippen LogP contribution in [0.3, 0.4) is 0 Å². The molecule has 0 amide bonds. The van der Waals surface area contributed by atoms with Crippen LogP contribution in [0.2, 0.25) is 0 Å². The van der Waals surface area contributed by atoms with E-state index in [1.165, 1.54) is 4.88 Å². The number of ether oxygens (including phenoxy) is 1. The number of hydrogen-bond donors (Lipinski definition) is 2. The first-order chi connectivity index (χ1) is 11.6. The molecule has 0 atom stereocenters. The second-order valence-corrected chi connectivity index (χ2v) is 7.38. The lowest BCUT2D eigenvalue weighted by molar-refractivity contribution is 0.412. The molecule has 130 valence electrons. The molecule has 1 aromatic heterocycles. The summed E-state index contributed by atoms with van der Waals surface area (Å²) in [4.78, 5) is 10.3. The summed E-state index contributed by atoms with van der Waals surface area (Å²) in [5, 5.41) is 7.77. The molecule has 0 radical (unpaired) electrons. The van der Waals surface area contributed by atoms with E-state index in [0.29, 0.717) is 6.54 Å². The number of halogens is 1. The summed E-state index contributed by atoms with van der Waals surface area (Å²) in [7, 11) is 1.66. The van der Waals surface area contributed by atoms with E-state index in [4.69, 9.17) is 4.74 Å². The molecule has 2 N–H and O–H groups in total. The molecule has 0 spiro atoms. The number of aliphatic imine (C=N–C) groups is 1. The Kier molecular flexibility index (Phi) is 7.52. The van der Waals surface area contributed by atoms with Crippen LogP contribution in [0.5, 0.6) is 5.75 Å². The van der Waals surface area contributed by atoms with Gasteiger partial charge in [-0.15, -0.1) is 11.3 Å². The Morgan fingerprint density at radius 2 is 2.21 bits per heavy atom. The maximum atomic E-state index is 5.25. The van der Waals surface area contributed by atoms with Crippen molar-refractivity contribution < 1.29 is 4.74 Å². The van der Waals surface area contributed by atoms with Crippen LogP contribution in [-0.2, 0) is 13.0 Å². The number of hydrogen-bond acceptors (Lipinski definition) is 4. The van der Waals surface area contributed by atoms with Crippen LogP contribution >= 0.6 is 27.3 Å². The van der Waals surface area contributed by atoms with Crippen LogP contribution in [0.15, 0.2) is 33.9 Å². The molecule has 0 bridgehead atoms. The van der Waals surface area contributed by atoms with E-state index in [9.17, 15) is 0 Å². The van der Waals surface area contributed by atoms with Crippen LogP contribution in [0, 0.1) is 6.92 Å². The Labute approximate surface area is 155 Å². The molecule has 0 fully saturated rings. The number of nitrogens with one attached hydrogen (secondary N) is 2. The third-order valence-corrected chi connectivity index (χ3v) is 4.87. The van der Waals surface area contributed by atoms with Crippen LogP contribution in [0.1, 0.15) is 22.4 Å². The number of thiazole rings is 1. The van der Waals surface area contributed by atoms with Gasteiger partial charge in [-0.25, -0.2) is 9.98 Å². The average molecular weight is 411 g/mol. The minimum atomic E-state index is 0.605. The van der Waals surface area contributed by atoms with Gasteiger partial charge in [-0.05, 0) is 47.5 Å². The first-order valence-electron chi connectivity index (χ1n) is 7.88. The number of aryl methyl sites for hydroxylation is 1. The molecule has 0 aliphatic carbocycles. The molecule has 1 heterocycles. The first-order valence-corrected chi connectivity index (χ1v) is 9.49. The standard InChI is InChI=1S/C17H23BrN4OS/c1-4-19-17(20-8-7-16-21-10-12(2)24-16)22-11-13-5-6-15(23-3)14(18)9-13/h5-6,9-10H,4,7-8,11H2,1-3H3,(H2,19,20,22). The predicted molar refractivity (Wildman–Crippen MR) is 104 cm³/mol. The molecule has 0 saturated carbocycles. The lowest BCUT2D eigenvalue weighted by atomic mass is 10.2. The van der Waals surface area contributed by atoms with Gasteiger partial charge in [0, 0.05) is 30.6 Å². The van der Waals surface area contributed by atoms with Gasteiger partial charge in [-0.2, -0.15) is 0 Å². The molecule has 0 unspecified atom stereocenters. The summed E-state index contributed by atoms with van der Waals surface area (Å²) in [5.41, 5.74) is 1.12. The van der Waals surface area contributed by atoms with Gasteiger partial charge in [0.2, 0.25) is 0 Å². The van der Waals surface area contributed by atoms with Crippen LogP contribution in [-0.4, -0.2) is 31.1 Å². The average Bonchev–Trinajstić information content (AvgIpc) is 2.98. The topological polar surface area (TPSA) is 58.5 Å². The highest BCUT2D eigenvalue weighted by Gasteiger charge is 2.03. The van der Waals surface area contributed by atoms with E-state index in [-0.39, 0.29) is 0 Å². The van der Waals surface area contributed by atoms with Crippen LogP contribution < -0.4 is 15.4 Å². The predicted octanol–water partition coefficient (Wildman–Crippen LogP) is 3.52. The molecule has 0 aliphatic rings. The molecule has 2 aromatic rings. The molecule has 7 heteroatoms. The van der Waals surface area contributed by atoms with Gasteiger partial charge in [-0.3, -0.25) is 0 Å². The fraction of sp³-hybridized carbons (Fsp3) is 0.412. The largest absolute Gasteiger partial charge is 0.496 e. The summed E-state index contributed by atoms with van der Waals surface area (Å²) in [6.45, 7) is 6.38. The zero-order valence-corrected chi connectivity index (χ0v) is 16.6. The lowest BCUT2D eigenvalue weighted by Crippen LogP contribution is -2.38. The van der Waals surface area contributed by atoms with Gasteiger partial charge in [0.05, 0.1) is 23.1 Å². The number of aromatic nitrogens is 1. The van der Waals surface area contributed by atoms with E-state index in [1.54, 1.807) is 18.4 Å². The van der Waals surface area contributed by atoms with Crippen molar-refractivity contribution >= 4 is 33.2 Å². The van der Waals surface area contributed by atoms with Crippen molar-refractivity contribution in [3.8, 4) is 5.75 Å². The number of benzene rings is 1. The summed E-state index contributed by atoms with van der Waals surface area (Å²) >= 11 is 5.24. The normalized spacial score (nSPS) is 11.4. The van der Waals surface area contributed by atoms with E-state index in [0.717, 1.165) is 46.3 Å². The molecular weight excluding hydrogens is 388 g/mol. The SMILES string of the molecule is CCNC(=NCc1ccc(OC)c(Br)c1)NCCc1ncc(C)s1. The summed E-state index contributed by atoms with van der Waals surface area (Å²) in [6, 6.07) is 6.00. The highest BCUT2D eigenvalue weighted by atomic mass is 79.9. The van der Waals surface area contributed by atoms with Crippen molar-refractivity contribution in [1.82, 2.24) is 15.6 Å². The van der Waals surface area contributed by atoms with E-state index in [2.05, 4.69) is 50.4 Å². The zero-order valence-electron chi connectivity index (χ0n) is 14.2. The fourth-order valence-electron chi connectivity index (χ4n) is 2.13. The van der Waals surface area contributed by atoms with E-state index >= 15 is 0 Å². The van der Waals surface area contributed by atoms with Crippen molar-refractivity contribution in [2.75, 3.05) is 20.2 Å². The van der Waals surface area contributed by atoms with Crippen molar-refractivity contribution in [2.45, 2.75) is 26.8 Å². The van der Waals surface area contributed by atoms with E-state index in [1.807, 2.05) is 24.4 Å². The number of guanidine groups is 1. The van der Waals surface area contributed by atoms with Crippen molar-refractivity contribution in [3.63, 3.8) is 0 Å². The number of rotatable bonds is 7. The maximum absolute atomic E-state index is 5.25. The molecule has 0 aliphatic heterocycles. The van der Waals surface area contributed by atoms with Gasteiger partial charge in [0.1, 0.15) is 5.75 Å². The Hall–Kier alpha value is -1.60. The molecule has 24 heavy (non-hydrogen) atoms. The molecular formula is C17H23BrN4OS. The minimum absolute atomic E-state index is 0.605. The highest BCUT2D eigenvalue weighted by molar-refractivity contribution is 9.10. The third kappa shape index (κ3) is 5.79. The van der Waals surface area contributed by atoms with Crippen LogP contribution in [0.4, 0.5) is 0 Å². The fourth-order valence-corrected chi connectivity index (χ4v) is 3.50. The molecule has 5 nitrogen and oxygen atoms in total. The molecule has 2 rings (SSSR count). The third-order valence-electron chi connectivity index (χ3n) is 3.28. The Bertz CT molecular complexity index is 687. The van der Waals surface area contributed by atoms with Crippen molar-refractivity contribution in [3.05, 3.63) is 44.3 Å². The Morgan fingerprint density at radius 3 is 2.83 bits per heavy atom. The van der Waals surface area contributed by atoms with Gasteiger partial charge >= 0.3 is 0 Å². The summed E-state index contributed by atoms with van der Waals surface area (Å²) < 4.78 is 6.19. The van der Waals surface area contributed by atoms with Gasteiger partial charge in [-0.1, -0.05) is 6.07 Å². The minimum Gasteiger partial charge on any atom is -0.496 e.